The van der Waals surface area contributed by atoms with Crippen molar-refractivity contribution in [3.8, 4) is 6.07 Å². The van der Waals surface area contributed by atoms with E-state index in [9.17, 15) is 13.2 Å². The average molecular weight is 210 g/mol. The summed E-state index contributed by atoms with van der Waals surface area (Å²) in [6, 6.07) is 1.20. The molecule has 0 aliphatic carbocycles. The predicted molar refractivity (Wildman–Crippen MR) is 44.3 cm³/mol. The molecule has 0 saturated heterocycles. The Bertz CT molecular complexity index is 210. The molecule has 0 heterocycles. The predicted octanol–water partition coefficient (Wildman–Crippen LogP) is 1.00. The number of nitriles is 1. The minimum Gasteiger partial charge on any atom is -0.392 e. The van der Waals surface area contributed by atoms with Gasteiger partial charge in [-0.05, 0) is 14.0 Å². The number of aliphatic hydroxyl groups is 1. The summed E-state index contributed by atoms with van der Waals surface area (Å²) in [7, 11) is 1.43. The summed E-state index contributed by atoms with van der Waals surface area (Å²) in [5, 5.41) is 17.2. The third kappa shape index (κ3) is 5.04. The van der Waals surface area contributed by atoms with Gasteiger partial charge >= 0.3 is 6.18 Å². The average Bonchev–Trinajstić information content (AvgIpc) is 1.96. The first-order valence-corrected chi connectivity index (χ1v) is 4.10. The summed E-state index contributed by atoms with van der Waals surface area (Å²) in [5.41, 5.74) is 0. The number of likely N-dealkylation sites (N-methyl/N-ethyl adjacent to an activating group) is 1. The molecule has 0 radical (unpaired) electrons. The van der Waals surface area contributed by atoms with Gasteiger partial charge in [0, 0.05) is 13.1 Å². The topological polar surface area (TPSA) is 47.3 Å². The van der Waals surface area contributed by atoms with E-state index in [1.807, 2.05) is 0 Å². The molecule has 82 valence electrons. The lowest BCUT2D eigenvalue weighted by Gasteiger charge is -2.22. The van der Waals surface area contributed by atoms with Gasteiger partial charge in [-0.25, -0.2) is 0 Å². The number of aliphatic hydroxyl groups excluding tert-OH is 1. The van der Waals surface area contributed by atoms with Gasteiger partial charge in [-0.15, -0.1) is 0 Å². The quantitative estimate of drug-likeness (QED) is 0.753. The molecule has 0 bridgehead atoms. The molecular formula is C8H13F3N2O. The van der Waals surface area contributed by atoms with E-state index in [4.69, 9.17) is 10.4 Å². The fraction of sp³-hybridized carbons (Fsp3) is 0.875. The second kappa shape index (κ2) is 5.17. The standard InChI is InChI=1S/C8H13F3N2O/c1-6(14)4-13(2)5-7(3-12)8(9,10)11/h6-7,14H,4-5H2,1-2H3. The van der Waals surface area contributed by atoms with Gasteiger partial charge in [-0.3, -0.25) is 0 Å². The zero-order valence-corrected chi connectivity index (χ0v) is 8.04. The highest BCUT2D eigenvalue weighted by molar-refractivity contribution is 4.90. The minimum absolute atomic E-state index is 0.119. The van der Waals surface area contributed by atoms with Gasteiger partial charge in [0.15, 0.2) is 5.92 Å². The molecule has 14 heavy (non-hydrogen) atoms. The van der Waals surface area contributed by atoms with Gasteiger partial charge < -0.3 is 10.0 Å². The molecule has 6 heteroatoms. The molecule has 2 unspecified atom stereocenters. The Labute approximate surface area is 80.7 Å². The Morgan fingerprint density at radius 1 is 1.43 bits per heavy atom. The van der Waals surface area contributed by atoms with E-state index < -0.39 is 24.7 Å². The second-order valence-electron chi connectivity index (χ2n) is 3.29. The van der Waals surface area contributed by atoms with Gasteiger partial charge in [0.2, 0.25) is 0 Å². The van der Waals surface area contributed by atoms with E-state index in [1.165, 1.54) is 24.9 Å². The van der Waals surface area contributed by atoms with E-state index in [0.29, 0.717) is 0 Å². The van der Waals surface area contributed by atoms with Gasteiger partial charge in [0.1, 0.15) is 0 Å². The zero-order valence-electron chi connectivity index (χ0n) is 8.04. The molecule has 0 aromatic rings. The molecule has 0 rings (SSSR count). The molecule has 0 aromatic carbocycles. The highest BCUT2D eigenvalue weighted by atomic mass is 19.4. The van der Waals surface area contributed by atoms with Crippen molar-refractivity contribution in [3.05, 3.63) is 0 Å². The number of hydrogen-bond acceptors (Lipinski definition) is 3. The Morgan fingerprint density at radius 2 is 1.93 bits per heavy atom. The second-order valence-corrected chi connectivity index (χ2v) is 3.29. The molecule has 3 nitrogen and oxygen atoms in total. The van der Waals surface area contributed by atoms with Crippen LogP contribution in [0.5, 0.6) is 0 Å². The summed E-state index contributed by atoms with van der Waals surface area (Å²) in [4.78, 5) is 1.28. The molecule has 0 fully saturated rings. The van der Waals surface area contributed by atoms with Crippen molar-refractivity contribution in [2.45, 2.75) is 19.2 Å². The maximum absolute atomic E-state index is 12.1. The SMILES string of the molecule is CC(O)CN(C)CC(C#N)C(F)(F)F. The van der Waals surface area contributed by atoms with Crippen molar-refractivity contribution in [2.75, 3.05) is 20.1 Å². The first-order valence-electron chi connectivity index (χ1n) is 4.10. The van der Waals surface area contributed by atoms with Crippen LogP contribution in [-0.4, -0.2) is 42.4 Å². The van der Waals surface area contributed by atoms with Crippen LogP contribution in [0.3, 0.4) is 0 Å². The van der Waals surface area contributed by atoms with E-state index in [2.05, 4.69) is 0 Å². The molecule has 0 saturated carbocycles. The van der Waals surface area contributed by atoms with Gasteiger partial charge in [0.05, 0.1) is 12.2 Å². The molecule has 0 aromatic heterocycles. The van der Waals surface area contributed by atoms with Gasteiger partial charge in [-0.1, -0.05) is 0 Å². The van der Waals surface area contributed by atoms with Crippen LogP contribution in [-0.2, 0) is 0 Å². The molecule has 0 aliphatic rings. The normalized spacial score (nSPS) is 16.4. The summed E-state index contributed by atoms with van der Waals surface area (Å²) in [6.45, 7) is 1.19. The molecular weight excluding hydrogens is 197 g/mol. The summed E-state index contributed by atoms with van der Waals surface area (Å²) >= 11 is 0. The van der Waals surface area contributed by atoms with Crippen LogP contribution in [0.2, 0.25) is 0 Å². The zero-order chi connectivity index (χ0) is 11.4. The van der Waals surface area contributed by atoms with Crippen LogP contribution in [0.15, 0.2) is 0 Å². The van der Waals surface area contributed by atoms with E-state index in [0.717, 1.165) is 0 Å². The van der Waals surface area contributed by atoms with Crippen LogP contribution < -0.4 is 0 Å². The molecule has 2 atom stereocenters. The molecule has 0 aliphatic heterocycles. The highest BCUT2D eigenvalue weighted by Crippen LogP contribution is 2.25. The van der Waals surface area contributed by atoms with Crippen LogP contribution in [0.4, 0.5) is 13.2 Å². The van der Waals surface area contributed by atoms with Crippen molar-refractivity contribution in [1.82, 2.24) is 4.90 Å². The lowest BCUT2D eigenvalue weighted by Crippen LogP contribution is -2.37. The van der Waals surface area contributed by atoms with E-state index >= 15 is 0 Å². The third-order valence-electron chi connectivity index (χ3n) is 1.62. The Hall–Kier alpha value is -0.800. The first kappa shape index (κ1) is 13.2. The van der Waals surface area contributed by atoms with E-state index in [1.54, 1.807) is 0 Å². The van der Waals surface area contributed by atoms with Crippen molar-refractivity contribution in [3.63, 3.8) is 0 Å². The monoisotopic (exact) mass is 210 g/mol. The van der Waals surface area contributed by atoms with Crippen molar-refractivity contribution in [1.29, 1.82) is 5.26 Å². The molecule has 0 amide bonds. The van der Waals surface area contributed by atoms with Gasteiger partial charge in [0.25, 0.3) is 0 Å². The smallest absolute Gasteiger partial charge is 0.392 e. The van der Waals surface area contributed by atoms with Crippen molar-refractivity contribution >= 4 is 0 Å². The number of nitrogens with zero attached hydrogens (tertiary/aromatic N) is 2. The first-order chi connectivity index (χ1) is 6.27. The van der Waals surface area contributed by atoms with Crippen LogP contribution >= 0.6 is 0 Å². The molecule has 0 spiro atoms. The Kier molecular flexibility index (Phi) is 4.88. The van der Waals surface area contributed by atoms with Crippen molar-refractivity contribution < 1.29 is 18.3 Å². The lowest BCUT2D eigenvalue weighted by molar-refractivity contribution is -0.163. The fourth-order valence-corrected chi connectivity index (χ4v) is 1.05. The van der Waals surface area contributed by atoms with Crippen molar-refractivity contribution in [2.24, 2.45) is 5.92 Å². The number of rotatable bonds is 4. The van der Waals surface area contributed by atoms with Crippen LogP contribution in [0, 0.1) is 17.2 Å². The highest BCUT2D eigenvalue weighted by Gasteiger charge is 2.40. The number of alkyl halides is 3. The minimum atomic E-state index is -4.50. The summed E-state index contributed by atoms with van der Waals surface area (Å²) in [5.74, 6) is -1.99. The Morgan fingerprint density at radius 3 is 2.21 bits per heavy atom. The van der Waals surface area contributed by atoms with Crippen LogP contribution in [0.25, 0.3) is 0 Å². The maximum Gasteiger partial charge on any atom is 0.405 e. The number of halogens is 3. The summed E-state index contributed by atoms with van der Waals surface area (Å²) < 4.78 is 36.3. The summed E-state index contributed by atoms with van der Waals surface area (Å²) in [6.07, 6.45) is -5.20. The number of hydrogen-bond donors (Lipinski definition) is 1. The lowest BCUT2D eigenvalue weighted by atomic mass is 10.1. The largest absolute Gasteiger partial charge is 0.405 e. The fourth-order valence-electron chi connectivity index (χ4n) is 1.05. The van der Waals surface area contributed by atoms with Gasteiger partial charge in [-0.2, -0.15) is 18.4 Å². The maximum atomic E-state index is 12.1. The Balaban J connectivity index is 4.15. The van der Waals surface area contributed by atoms with E-state index in [-0.39, 0.29) is 6.54 Å². The van der Waals surface area contributed by atoms with Crippen LogP contribution in [0.1, 0.15) is 6.92 Å². The molecule has 1 N–H and O–H groups in total. The third-order valence-corrected chi connectivity index (χ3v) is 1.62.